The molecule has 0 bridgehead atoms. The molecular weight excluding hydrogens is 251 g/mol. The first-order chi connectivity index (χ1) is 8.40. The zero-order valence-electron chi connectivity index (χ0n) is 9.11. The average Bonchev–Trinajstić information content (AvgIpc) is 2.57. The first kappa shape index (κ1) is 12.8. The Hall–Kier alpha value is -1.60. The van der Waals surface area contributed by atoms with E-state index in [2.05, 4.69) is 0 Å². The van der Waals surface area contributed by atoms with E-state index in [0.29, 0.717) is 12.1 Å². The third kappa shape index (κ3) is 2.19. The molecule has 1 fully saturated rings. The maximum absolute atomic E-state index is 13.4. The minimum Gasteiger partial charge on any atom is -0.388 e. The first-order valence-electron chi connectivity index (χ1n) is 5.20. The van der Waals surface area contributed by atoms with Crippen LogP contribution >= 0.6 is 0 Å². The Balaban J connectivity index is 2.30. The number of halogens is 3. The normalized spacial score (nSPS) is 23.5. The van der Waals surface area contributed by atoms with Crippen molar-refractivity contribution in [1.82, 2.24) is 4.90 Å². The Bertz CT molecular complexity index is 461. The molecule has 1 aliphatic heterocycles. The van der Waals surface area contributed by atoms with Crippen molar-refractivity contribution < 1.29 is 28.2 Å². The summed E-state index contributed by atoms with van der Waals surface area (Å²) < 4.78 is 39.4. The smallest absolute Gasteiger partial charge is 0.260 e. The van der Waals surface area contributed by atoms with Gasteiger partial charge in [-0.2, -0.15) is 0 Å². The number of benzene rings is 1. The van der Waals surface area contributed by atoms with E-state index < -0.39 is 41.1 Å². The lowest BCUT2D eigenvalue weighted by molar-refractivity contribution is 0.0572. The molecule has 1 aromatic carbocycles. The molecule has 1 aromatic rings. The fraction of sp³-hybridized carbons (Fsp3) is 0.364. The molecule has 0 aliphatic carbocycles. The second-order valence-electron chi connectivity index (χ2n) is 4.09. The molecule has 0 radical (unpaired) electrons. The highest BCUT2D eigenvalue weighted by Crippen LogP contribution is 2.20. The van der Waals surface area contributed by atoms with E-state index in [4.69, 9.17) is 0 Å². The van der Waals surface area contributed by atoms with Crippen molar-refractivity contribution in [2.24, 2.45) is 0 Å². The Morgan fingerprint density at radius 2 is 1.56 bits per heavy atom. The summed E-state index contributed by atoms with van der Waals surface area (Å²) in [6.45, 7) is -0.452. The summed E-state index contributed by atoms with van der Waals surface area (Å²) in [4.78, 5) is 12.7. The maximum Gasteiger partial charge on any atom is 0.260 e. The molecule has 0 unspecified atom stereocenters. The van der Waals surface area contributed by atoms with Crippen molar-refractivity contribution in [3.05, 3.63) is 35.1 Å². The summed E-state index contributed by atoms with van der Waals surface area (Å²) in [6, 6.07) is 0.804. The lowest BCUT2D eigenvalue weighted by Crippen LogP contribution is -2.31. The molecule has 18 heavy (non-hydrogen) atoms. The molecule has 98 valence electrons. The topological polar surface area (TPSA) is 60.8 Å². The quantitative estimate of drug-likeness (QED) is 0.763. The number of aliphatic hydroxyl groups is 2. The molecule has 1 aliphatic rings. The van der Waals surface area contributed by atoms with Gasteiger partial charge in [-0.15, -0.1) is 0 Å². The largest absolute Gasteiger partial charge is 0.388 e. The zero-order chi connectivity index (χ0) is 13.4. The lowest BCUT2D eigenvalue weighted by Gasteiger charge is -2.16. The number of β-amino-alcohol motifs (C(OH)–C–C–N with tert-alkyl or cyclic N) is 2. The van der Waals surface area contributed by atoms with Crippen molar-refractivity contribution in [1.29, 1.82) is 0 Å². The fourth-order valence-corrected chi connectivity index (χ4v) is 1.84. The highest BCUT2D eigenvalue weighted by atomic mass is 19.1. The molecule has 0 spiro atoms. The third-order valence-corrected chi connectivity index (χ3v) is 2.77. The van der Waals surface area contributed by atoms with E-state index in [1.807, 2.05) is 0 Å². The van der Waals surface area contributed by atoms with Crippen molar-refractivity contribution in [2.75, 3.05) is 13.1 Å². The van der Waals surface area contributed by atoms with Gasteiger partial charge in [0.25, 0.3) is 5.91 Å². The maximum atomic E-state index is 13.4. The molecular formula is C11H10F3NO3. The van der Waals surface area contributed by atoms with Gasteiger partial charge in [0.1, 0.15) is 23.0 Å². The van der Waals surface area contributed by atoms with Crippen LogP contribution in [0.3, 0.4) is 0 Å². The van der Waals surface area contributed by atoms with Gasteiger partial charge >= 0.3 is 0 Å². The monoisotopic (exact) mass is 261 g/mol. The van der Waals surface area contributed by atoms with Gasteiger partial charge in [0.15, 0.2) is 0 Å². The molecule has 2 N–H and O–H groups in total. The molecule has 2 rings (SSSR count). The fourth-order valence-electron chi connectivity index (χ4n) is 1.84. The molecule has 1 saturated heterocycles. The van der Waals surface area contributed by atoms with Crippen molar-refractivity contribution in [2.45, 2.75) is 12.2 Å². The van der Waals surface area contributed by atoms with Gasteiger partial charge in [-0.05, 0) is 0 Å². The number of nitrogens with zero attached hydrogens (tertiary/aromatic N) is 1. The zero-order valence-corrected chi connectivity index (χ0v) is 9.11. The van der Waals surface area contributed by atoms with E-state index in [-0.39, 0.29) is 13.1 Å². The number of carbonyl (C=O) groups excluding carboxylic acids is 1. The van der Waals surface area contributed by atoms with E-state index in [9.17, 15) is 28.2 Å². The Morgan fingerprint density at radius 3 is 2.00 bits per heavy atom. The summed E-state index contributed by atoms with van der Waals surface area (Å²) in [6.07, 6.45) is -2.30. The van der Waals surface area contributed by atoms with Crippen LogP contribution in [-0.2, 0) is 0 Å². The highest BCUT2D eigenvalue weighted by molar-refractivity contribution is 5.95. The number of hydrogen-bond acceptors (Lipinski definition) is 3. The molecule has 2 atom stereocenters. The Kier molecular flexibility index (Phi) is 3.27. The van der Waals surface area contributed by atoms with Gasteiger partial charge in [0.2, 0.25) is 0 Å². The van der Waals surface area contributed by atoms with Crippen LogP contribution < -0.4 is 0 Å². The molecule has 0 aromatic heterocycles. The van der Waals surface area contributed by atoms with Crippen molar-refractivity contribution in [3.8, 4) is 0 Å². The molecule has 0 saturated carbocycles. The minimum atomic E-state index is -1.31. The predicted molar refractivity (Wildman–Crippen MR) is 54.2 cm³/mol. The third-order valence-electron chi connectivity index (χ3n) is 2.77. The van der Waals surface area contributed by atoms with E-state index in [1.165, 1.54) is 0 Å². The predicted octanol–water partition coefficient (Wildman–Crippen LogP) is 0.282. The molecule has 1 amide bonds. The average molecular weight is 261 g/mol. The summed E-state index contributed by atoms with van der Waals surface area (Å²) in [7, 11) is 0. The van der Waals surface area contributed by atoms with Gasteiger partial charge in [-0.3, -0.25) is 4.79 Å². The summed E-state index contributed by atoms with van der Waals surface area (Å²) in [5.41, 5.74) is -0.891. The second-order valence-corrected chi connectivity index (χ2v) is 4.09. The van der Waals surface area contributed by atoms with Gasteiger partial charge in [-0.25, -0.2) is 13.2 Å². The second kappa shape index (κ2) is 4.58. The number of rotatable bonds is 1. The Labute approximate surface area is 100 Å². The van der Waals surface area contributed by atoms with Crippen LogP contribution in [0.1, 0.15) is 10.4 Å². The number of likely N-dealkylation sites (tertiary alicyclic amines) is 1. The molecule has 1 heterocycles. The van der Waals surface area contributed by atoms with Crippen LogP contribution in [0.2, 0.25) is 0 Å². The van der Waals surface area contributed by atoms with E-state index >= 15 is 0 Å². The molecule has 7 heteroatoms. The van der Waals surface area contributed by atoms with Crippen LogP contribution in [0, 0.1) is 17.5 Å². The lowest BCUT2D eigenvalue weighted by atomic mass is 10.1. The summed E-state index contributed by atoms with van der Waals surface area (Å²) in [5.74, 6) is -4.77. The van der Waals surface area contributed by atoms with Crippen molar-refractivity contribution >= 4 is 5.91 Å². The van der Waals surface area contributed by atoms with Crippen LogP contribution in [-0.4, -0.2) is 46.3 Å². The van der Waals surface area contributed by atoms with Crippen LogP contribution in [0.5, 0.6) is 0 Å². The van der Waals surface area contributed by atoms with Crippen LogP contribution in [0.4, 0.5) is 13.2 Å². The standard InChI is InChI=1S/C11H10F3NO3/c12-5-1-6(13)10(7(14)2-5)11(18)15-3-8(16)9(17)4-15/h1-2,8-9,16-17H,3-4H2/t8-,9+. The van der Waals surface area contributed by atoms with E-state index in [0.717, 1.165) is 4.90 Å². The first-order valence-corrected chi connectivity index (χ1v) is 5.20. The van der Waals surface area contributed by atoms with Crippen LogP contribution in [0.25, 0.3) is 0 Å². The van der Waals surface area contributed by atoms with Crippen LogP contribution in [0.15, 0.2) is 12.1 Å². The molecule has 4 nitrogen and oxygen atoms in total. The van der Waals surface area contributed by atoms with Crippen molar-refractivity contribution in [3.63, 3.8) is 0 Å². The van der Waals surface area contributed by atoms with Gasteiger partial charge in [0, 0.05) is 25.2 Å². The Morgan fingerprint density at radius 1 is 1.11 bits per heavy atom. The van der Waals surface area contributed by atoms with Gasteiger partial charge < -0.3 is 15.1 Å². The minimum absolute atomic E-state index is 0.226. The highest BCUT2D eigenvalue weighted by Gasteiger charge is 2.35. The number of carbonyl (C=O) groups is 1. The van der Waals surface area contributed by atoms with Gasteiger partial charge in [0.05, 0.1) is 12.2 Å². The number of amides is 1. The number of hydrogen-bond donors (Lipinski definition) is 2. The summed E-state index contributed by atoms with van der Waals surface area (Å²) >= 11 is 0. The van der Waals surface area contributed by atoms with E-state index in [1.54, 1.807) is 0 Å². The summed E-state index contributed by atoms with van der Waals surface area (Å²) in [5, 5.41) is 18.5. The number of aliphatic hydroxyl groups excluding tert-OH is 2. The van der Waals surface area contributed by atoms with Gasteiger partial charge in [-0.1, -0.05) is 0 Å². The SMILES string of the molecule is O=C(c1c(F)cc(F)cc1F)N1C[C@@H](O)[C@@H](O)C1.